The van der Waals surface area contributed by atoms with Crippen LogP contribution in [0.25, 0.3) is 0 Å². The molecule has 0 radical (unpaired) electrons. The van der Waals surface area contributed by atoms with Gasteiger partial charge in [0.1, 0.15) is 0 Å². The topological polar surface area (TPSA) is 113 Å². The summed E-state index contributed by atoms with van der Waals surface area (Å²) in [6.45, 7) is 1.94. The van der Waals surface area contributed by atoms with Crippen LogP contribution in [0, 0.1) is 0 Å². The van der Waals surface area contributed by atoms with E-state index in [1.807, 2.05) is 6.26 Å². The van der Waals surface area contributed by atoms with Gasteiger partial charge in [-0.2, -0.15) is 0 Å². The molecule has 0 unspecified atom stereocenters. The van der Waals surface area contributed by atoms with Gasteiger partial charge in [0.25, 0.3) is 26.0 Å². The molecule has 0 atom stereocenters. The molecule has 0 bridgehead atoms. The van der Waals surface area contributed by atoms with Crippen molar-refractivity contribution in [3.8, 4) is 0 Å². The molecule has 0 aromatic heterocycles. The summed E-state index contributed by atoms with van der Waals surface area (Å²) in [5, 5.41) is 3.28. The molecule has 0 fully saturated rings. The highest BCUT2D eigenvalue weighted by molar-refractivity contribution is 7.98. The average Bonchev–Trinajstić information content (AvgIpc) is 2.93. The molecule has 0 aliphatic rings. The van der Waals surface area contributed by atoms with Crippen molar-refractivity contribution in [3.63, 3.8) is 0 Å². The Balaban J connectivity index is 1.45. The largest absolute Gasteiger partial charge is 0.322 e. The molecule has 1 amide bonds. The van der Waals surface area contributed by atoms with E-state index in [4.69, 9.17) is 23.2 Å². The third kappa shape index (κ3) is 7.35. The van der Waals surface area contributed by atoms with Crippen LogP contribution in [0.4, 0.5) is 17.1 Å². The van der Waals surface area contributed by atoms with E-state index in [0.717, 1.165) is 4.90 Å². The molecule has 0 saturated heterocycles. The summed E-state index contributed by atoms with van der Waals surface area (Å²) in [5.41, 5.74) is 1.30. The average molecular weight is 651 g/mol. The summed E-state index contributed by atoms with van der Waals surface area (Å²) < 4.78 is 55.7. The van der Waals surface area contributed by atoms with Gasteiger partial charge in [0.15, 0.2) is 0 Å². The molecule has 4 aromatic carbocycles. The summed E-state index contributed by atoms with van der Waals surface area (Å²) in [6, 6.07) is 22.8. The van der Waals surface area contributed by atoms with E-state index in [0.29, 0.717) is 16.9 Å². The Bertz CT molecular complexity index is 1740. The standard InChI is InChI=1S/C28H25Cl2N3O5S3/c1-3-33(41(37,38)27-14-10-25(39-2)11-15-27)24-8-4-19(5-9-24)28(34)31-22-6-12-26(13-7-22)40(35,36)32-23-17-20(29)16-21(30)18-23/h4-18,32H,3H2,1-2H3,(H,31,34). The number of carbonyl (C=O) groups is 1. The van der Waals surface area contributed by atoms with Crippen molar-refractivity contribution in [2.75, 3.05) is 27.1 Å². The maximum Gasteiger partial charge on any atom is 0.264 e. The van der Waals surface area contributed by atoms with Crippen LogP contribution < -0.4 is 14.3 Å². The van der Waals surface area contributed by atoms with Crippen LogP contribution in [0.3, 0.4) is 0 Å². The first-order valence-corrected chi connectivity index (χ1v) is 17.0. The molecule has 4 rings (SSSR count). The highest BCUT2D eigenvalue weighted by Crippen LogP contribution is 2.27. The quantitative estimate of drug-likeness (QED) is 0.179. The molecular weight excluding hydrogens is 625 g/mol. The number of rotatable bonds is 10. The van der Waals surface area contributed by atoms with Crippen LogP contribution in [0.15, 0.2) is 106 Å². The monoisotopic (exact) mass is 649 g/mol. The predicted octanol–water partition coefficient (Wildman–Crippen LogP) is 6.98. The predicted molar refractivity (Wildman–Crippen MR) is 167 cm³/mol. The summed E-state index contributed by atoms with van der Waals surface area (Å²) in [4.78, 5) is 13.9. The molecule has 214 valence electrons. The van der Waals surface area contributed by atoms with E-state index in [1.165, 1.54) is 70.7 Å². The zero-order valence-corrected chi connectivity index (χ0v) is 25.8. The lowest BCUT2D eigenvalue weighted by molar-refractivity contribution is 0.102. The molecule has 13 heteroatoms. The number of thioether (sulfide) groups is 1. The Morgan fingerprint density at radius 2 is 1.34 bits per heavy atom. The summed E-state index contributed by atoms with van der Waals surface area (Å²) in [6.07, 6.45) is 1.91. The van der Waals surface area contributed by atoms with Crippen molar-refractivity contribution in [3.05, 3.63) is 107 Å². The van der Waals surface area contributed by atoms with E-state index in [2.05, 4.69) is 10.0 Å². The van der Waals surface area contributed by atoms with Crippen molar-refractivity contribution in [2.45, 2.75) is 21.6 Å². The number of anilines is 3. The molecule has 41 heavy (non-hydrogen) atoms. The first kappa shape index (κ1) is 30.7. The first-order valence-electron chi connectivity index (χ1n) is 12.1. The molecule has 0 saturated carbocycles. The van der Waals surface area contributed by atoms with Gasteiger partial charge in [-0.15, -0.1) is 11.8 Å². The highest BCUT2D eigenvalue weighted by atomic mass is 35.5. The highest BCUT2D eigenvalue weighted by Gasteiger charge is 2.24. The summed E-state index contributed by atoms with van der Waals surface area (Å²) in [7, 11) is -7.73. The van der Waals surface area contributed by atoms with Gasteiger partial charge < -0.3 is 5.32 Å². The van der Waals surface area contributed by atoms with Crippen LogP contribution in [0.5, 0.6) is 0 Å². The van der Waals surface area contributed by atoms with Gasteiger partial charge in [-0.05, 0) is 104 Å². The maximum absolute atomic E-state index is 13.2. The van der Waals surface area contributed by atoms with Crippen molar-refractivity contribution < 1.29 is 21.6 Å². The molecule has 8 nitrogen and oxygen atoms in total. The van der Waals surface area contributed by atoms with Gasteiger partial charge in [0.2, 0.25) is 0 Å². The van der Waals surface area contributed by atoms with Crippen molar-refractivity contribution in [1.29, 1.82) is 0 Å². The van der Waals surface area contributed by atoms with Crippen molar-refractivity contribution in [1.82, 2.24) is 0 Å². The maximum atomic E-state index is 13.2. The smallest absolute Gasteiger partial charge is 0.264 e. The lowest BCUT2D eigenvalue weighted by atomic mass is 10.2. The number of carbonyl (C=O) groups excluding carboxylic acids is 1. The van der Waals surface area contributed by atoms with Gasteiger partial charge in [-0.1, -0.05) is 23.2 Å². The lowest BCUT2D eigenvalue weighted by Gasteiger charge is -2.23. The fraction of sp³-hybridized carbons (Fsp3) is 0.107. The molecule has 0 aliphatic heterocycles. The fourth-order valence-electron chi connectivity index (χ4n) is 3.89. The number of sulfonamides is 2. The Morgan fingerprint density at radius 1 is 0.780 bits per heavy atom. The molecule has 0 aliphatic carbocycles. The number of hydrogen-bond acceptors (Lipinski definition) is 6. The number of hydrogen-bond donors (Lipinski definition) is 2. The van der Waals surface area contributed by atoms with Crippen LogP contribution in [-0.4, -0.2) is 35.5 Å². The van der Waals surface area contributed by atoms with Gasteiger partial charge >= 0.3 is 0 Å². The zero-order chi connectivity index (χ0) is 29.8. The second-order valence-electron chi connectivity index (χ2n) is 8.63. The second-order valence-corrected chi connectivity index (χ2v) is 13.9. The molecule has 2 N–H and O–H groups in total. The van der Waals surface area contributed by atoms with E-state index in [-0.39, 0.29) is 32.1 Å². The van der Waals surface area contributed by atoms with Crippen LogP contribution in [0.1, 0.15) is 17.3 Å². The van der Waals surface area contributed by atoms with Crippen molar-refractivity contribution >= 4 is 78.0 Å². The fourth-order valence-corrected chi connectivity index (χ4v) is 7.34. The van der Waals surface area contributed by atoms with Crippen LogP contribution >= 0.6 is 35.0 Å². The van der Waals surface area contributed by atoms with Crippen LogP contribution in [0.2, 0.25) is 10.0 Å². The van der Waals surface area contributed by atoms with E-state index < -0.39 is 26.0 Å². The Morgan fingerprint density at radius 3 is 1.88 bits per heavy atom. The molecule has 4 aromatic rings. The SMILES string of the molecule is CCN(c1ccc(C(=O)Nc2ccc(S(=O)(=O)Nc3cc(Cl)cc(Cl)c3)cc2)cc1)S(=O)(=O)c1ccc(SC)cc1. The van der Waals surface area contributed by atoms with Crippen LogP contribution in [-0.2, 0) is 20.0 Å². The second kappa shape index (κ2) is 12.7. The summed E-state index contributed by atoms with van der Waals surface area (Å²) in [5.74, 6) is -0.447. The lowest BCUT2D eigenvalue weighted by Crippen LogP contribution is -2.30. The van der Waals surface area contributed by atoms with E-state index in [9.17, 15) is 21.6 Å². The van der Waals surface area contributed by atoms with E-state index in [1.54, 1.807) is 43.3 Å². The van der Waals surface area contributed by atoms with E-state index >= 15 is 0 Å². The zero-order valence-electron chi connectivity index (χ0n) is 21.8. The Labute approximate surface area is 253 Å². The van der Waals surface area contributed by atoms with Gasteiger partial charge in [0, 0.05) is 32.7 Å². The van der Waals surface area contributed by atoms with Gasteiger partial charge in [-0.3, -0.25) is 13.8 Å². The molecule has 0 heterocycles. The summed E-state index contributed by atoms with van der Waals surface area (Å²) >= 11 is 13.4. The minimum atomic E-state index is -3.93. The van der Waals surface area contributed by atoms with Gasteiger partial charge in [-0.25, -0.2) is 16.8 Å². The Hall–Kier alpha value is -3.22. The number of nitrogens with zero attached hydrogens (tertiary/aromatic N) is 1. The normalized spacial score (nSPS) is 11.6. The molecular formula is C28H25Cl2N3O5S3. The minimum Gasteiger partial charge on any atom is -0.322 e. The first-order chi connectivity index (χ1) is 19.4. The number of benzene rings is 4. The van der Waals surface area contributed by atoms with Gasteiger partial charge in [0.05, 0.1) is 21.2 Å². The number of amides is 1. The minimum absolute atomic E-state index is 0.0279. The third-order valence-electron chi connectivity index (χ3n) is 5.89. The number of nitrogens with one attached hydrogen (secondary N) is 2. The Kier molecular flexibility index (Phi) is 9.55. The molecule has 0 spiro atoms. The third-order valence-corrected chi connectivity index (χ3v) is 10.4. The van der Waals surface area contributed by atoms with Crippen molar-refractivity contribution in [2.24, 2.45) is 0 Å². The number of halogens is 2.